The van der Waals surface area contributed by atoms with E-state index in [1.165, 1.54) is 12.1 Å². The minimum atomic E-state index is -4.44. The van der Waals surface area contributed by atoms with Crippen LogP contribution in [0, 0.1) is 6.92 Å². The fourth-order valence-electron chi connectivity index (χ4n) is 1.69. The van der Waals surface area contributed by atoms with E-state index in [2.05, 4.69) is 4.18 Å². The van der Waals surface area contributed by atoms with Crippen LogP contribution in [0.25, 0.3) is 0 Å². The van der Waals surface area contributed by atoms with Crippen molar-refractivity contribution in [3.05, 3.63) is 65.7 Å². The lowest BCUT2D eigenvalue weighted by Gasteiger charge is -2.22. The molecular formula is C15H16O6PS-. The Labute approximate surface area is 135 Å². The predicted molar refractivity (Wildman–Crippen MR) is 83.2 cm³/mol. The summed E-state index contributed by atoms with van der Waals surface area (Å²) < 4.78 is 45.0. The maximum Gasteiger partial charge on any atom is 0.297 e. The van der Waals surface area contributed by atoms with Gasteiger partial charge in [-0.1, -0.05) is 48.0 Å². The molecule has 23 heavy (non-hydrogen) atoms. The summed E-state index contributed by atoms with van der Waals surface area (Å²) in [6, 6.07) is 14.6. The Morgan fingerprint density at radius 2 is 1.65 bits per heavy atom. The van der Waals surface area contributed by atoms with Crippen LogP contribution in [0.3, 0.4) is 0 Å². The molecule has 0 spiro atoms. The molecular weight excluding hydrogens is 339 g/mol. The van der Waals surface area contributed by atoms with Gasteiger partial charge in [0, 0.05) is 0 Å². The van der Waals surface area contributed by atoms with Crippen LogP contribution in [0.2, 0.25) is 0 Å². The lowest BCUT2D eigenvalue weighted by atomic mass is 10.2. The molecule has 0 saturated carbocycles. The molecule has 0 heterocycles. The minimum absolute atomic E-state index is 0.105. The molecule has 6 nitrogen and oxygen atoms in total. The van der Waals surface area contributed by atoms with E-state index in [0.29, 0.717) is 5.56 Å². The fraction of sp³-hybridized carbons (Fsp3) is 0.200. The van der Waals surface area contributed by atoms with Crippen LogP contribution in [0.15, 0.2) is 59.5 Å². The SMILES string of the molecule is Cc1ccc(S(=O)(=O)OCP(=O)([O-])OCc2ccccc2)cc1. The van der Waals surface area contributed by atoms with Crippen molar-refractivity contribution in [2.75, 3.05) is 6.35 Å². The van der Waals surface area contributed by atoms with E-state index in [1.807, 2.05) is 0 Å². The molecule has 2 aromatic carbocycles. The molecule has 0 aliphatic rings. The Bertz CT molecular complexity index is 786. The van der Waals surface area contributed by atoms with E-state index >= 15 is 0 Å². The van der Waals surface area contributed by atoms with Gasteiger partial charge >= 0.3 is 0 Å². The second-order valence-electron chi connectivity index (χ2n) is 4.88. The maximum atomic E-state index is 11.9. The lowest BCUT2D eigenvalue weighted by molar-refractivity contribution is -0.202. The first-order valence-corrected chi connectivity index (χ1v) is 9.87. The maximum absolute atomic E-state index is 11.9. The third-order valence-corrected chi connectivity index (χ3v) is 5.37. The van der Waals surface area contributed by atoms with Crippen molar-refractivity contribution in [1.29, 1.82) is 0 Å². The summed E-state index contributed by atoms with van der Waals surface area (Å²) in [4.78, 5) is 11.6. The Hall–Kier alpha value is -1.50. The van der Waals surface area contributed by atoms with Gasteiger partial charge in [-0.05, 0) is 24.6 Å². The zero-order valence-electron chi connectivity index (χ0n) is 12.4. The first-order valence-electron chi connectivity index (χ1n) is 6.73. The molecule has 2 aromatic rings. The summed E-state index contributed by atoms with van der Waals surface area (Å²) in [6.07, 6.45) is -1.05. The quantitative estimate of drug-likeness (QED) is 0.559. The number of benzene rings is 2. The Morgan fingerprint density at radius 1 is 1.04 bits per heavy atom. The van der Waals surface area contributed by atoms with Crippen molar-refractivity contribution in [2.45, 2.75) is 18.4 Å². The van der Waals surface area contributed by atoms with Crippen molar-refractivity contribution in [3.8, 4) is 0 Å². The van der Waals surface area contributed by atoms with Crippen LogP contribution in [-0.2, 0) is 30.0 Å². The number of rotatable bonds is 7. The molecule has 0 aliphatic heterocycles. The molecule has 0 bridgehead atoms. The van der Waals surface area contributed by atoms with E-state index in [1.54, 1.807) is 49.4 Å². The summed E-state index contributed by atoms with van der Waals surface area (Å²) in [7, 11) is -8.58. The average molecular weight is 355 g/mol. The monoisotopic (exact) mass is 355 g/mol. The standard InChI is InChI=1S/C15H17O6PS/c1-13-7-9-15(10-8-13)23(18,19)21-12-22(16,17)20-11-14-5-3-2-4-6-14/h2-10H,11-12H2,1H3,(H,16,17)/p-1. The van der Waals surface area contributed by atoms with Crippen molar-refractivity contribution in [2.24, 2.45) is 0 Å². The highest BCUT2D eigenvalue weighted by Crippen LogP contribution is 2.38. The van der Waals surface area contributed by atoms with Crippen molar-refractivity contribution >= 4 is 17.7 Å². The van der Waals surface area contributed by atoms with Gasteiger partial charge < -0.3 is 14.0 Å². The molecule has 0 fully saturated rings. The van der Waals surface area contributed by atoms with Gasteiger partial charge in [0.15, 0.2) is 7.60 Å². The zero-order valence-corrected chi connectivity index (χ0v) is 14.1. The average Bonchev–Trinajstić information content (AvgIpc) is 2.53. The van der Waals surface area contributed by atoms with E-state index in [-0.39, 0.29) is 11.5 Å². The smallest absolute Gasteiger partial charge is 0.297 e. The molecule has 1 unspecified atom stereocenters. The van der Waals surface area contributed by atoms with Crippen LogP contribution in [-0.4, -0.2) is 14.8 Å². The van der Waals surface area contributed by atoms with Gasteiger partial charge in [-0.3, -0.25) is 4.18 Å². The normalized spacial score (nSPS) is 14.3. The van der Waals surface area contributed by atoms with Crippen LogP contribution < -0.4 is 4.89 Å². The van der Waals surface area contributed by atoms with Crippen molar-refractivity contribution in [1.82, 2.24) is 0 Å². The van der Waals surface area contributed by atoms with Crippen molar-refractivity contribution in [3.63, 3.8) is 0 Å². The summed E-state index contributed by atoms with van der Waals surface area (Å²) in [6.45, 7) is 1.63. The molecule has 0 aromatic heterocycles. The molecule has 0 radical (unpaired) electrons. The highest BCUT2D eigenvalue weighted by Gasteiger charge is 2.19. The summed E-state index contributed by atoms with van der Waals surface area (Å²) >= 11 is 0. The van der Waals surface area contributed by atoms with E-state index in [4.69, 9.17) is 4.52 Å². The van der Waals surface area contributed by atoms with Gasteiger partial charge in [0.05, 0.1) is 11.5 Å². The first-order chi connectivity index (χ1) is 10.8. The molecule has 8 heteroatoms. The largest absolute Gasteiger partial charge is 0.777 e. The number of hydrogen-bond acceptors (Lipinski definition) is 6. The molecule has 2 rings (SSSR count). The third kappa shape index (κ3) is 5.57. The van der Waals surface area contributed by atoms with Crippen LogP contribution in [0.4, 0.5) is 0 Å². The molecule has 124 valence electrons. The van der Waals surface area contributed by atoms with Crippen LogP contribution in [0.5, 0.6) is 0 Å². The van der Waals surface area contributed by atoms with E-state index in [9.17, 15) is 17.9 Å². The first kappa shape index (κ1) is 17.8. The van der Waals surface area contributed by atoms with Crippen LogP contribution in [0.1, 0.15) is 11.1 Å². The van der Waals surface area contributed by atoms with Gasteiger partial charge in [-0.25, -0.2) is 0 Å². The fourth-order valence-corrected chi connectivity index (χ4v) is 3.79. The summed E-state index contributed by atoms with van der Waals surface area (Å²) in [5, 5.41) is 0. The summed E-state index contributed by atoms with van der Waals surface area (Å²) in [5.74, 6) is 0. The Kier molecular flexibility index (Phi) is 5.73. The number of hydrogen-bond donors (Lipinski definition) is 0. The van der Waals surface area contributed by atoms with E-state index < -0.39 is 24.1 Å². The predicted octanol–water partition coefficient (Wildman–Crippen LogP) is 2.43. The molecule has 0 aliphatic carbocycles. The van der Waals surface area contributed by atoms with Gasteiger partial charge in [0.1, 0.15) is 6.35 Å². The molecule has 0 N–H and O–H groups in total. The van der Waals surface area contributed by atoms with Crippen molar-refractivity contribution < 1.29 is 26.6 Å². The topological polar surface area (TPSA) is 92.7 Å². The van der Waals surface area contributed by atoms with E-state index in [0.717, 1.165) is 5.56 Å². The minimum Gasteiger partial charge on any atom is -0.777 e. The second kappa shape index (κ2) is 7.38. The molecule has 0 saturated heterocycles. The second-order valence-corrected chi connectivity index (χ2v) is 8.24. The Morgan fingerprint density at radius 3 is 2.26 bits per heavy atom. The van der Waals surface area contributed by atoms with Gasteiger partial charge in [0.2, 0.25) is 0 Å². The third-order valence-electron chi connectivity index (χ3n) is 2.95. The van der Waals surface area contributed by atoms with Gasteiger partial charge in [-0.2, -0.15) is 8.42 Å². The molecule has 0 amide bonds. The zero-order chi connectivity index (χ0) is 16.9. The summed E-state index contributed by atoms with van der Waals surface area (Å²) in [5.41, 5.74) is 1.54. The Balaban J connectivity index is 1.95. The highest BCUT2D eigenvalue weighted by molar-refractivity contribution is 7.87. The highest BCUT2D eigenvalue weighted by atomic mass is 32.2. The van der Waals surface area contributed by atoms with Gasteiger partial charge in [-0.15, -0.1) is 0 Å². The van der Waals surface area contributed by atoms with Gasteiger partial charge in [0.25, 0.3) is 10.1 Å². The van der Waals surface area contributed by atoms with Crippen LogP contribution >= 0.6 is 7.60 Å². The molecule has 1 atom stereocenters. The number of aryl methyl sites for hydroxylation is 1. The lowest BCUT2D eigenvalue weighted by Crippen LogP contribution is -2.15.